The second kappa shape index (κ2) is 10.1. The topological polar surface area (TPSA) is 62.1 Å². The van der Waals surface area contributed by atoms with Gasteiger partial charge in [0.1, 0.15) is 24.0 Å². The van der Waals surface area contributed by atoms with Crippen LogP contribution in [0, 0.1) is 18.3 Å². The summed E-state index contributed by atoms with van der Waals surface area (Å²) in [6.07, 6.45) is 1.51. The Morgan fingerprint density at radius 3 is 2.57 bits per heavy atom. The SMILES string of the molecule is Cc1ccc(COc2ccc(/C=C(\C#N)C(=O)Nc3ccccc3Cl)cc2Br)cc1. The van der Waals surface area contributed by atoms with E-state index in [1.165, 1.54) is 11.6 Å². The summed E-state index contributed by atoms with van der Waals surface area (Å²) < 4.78 is 6.59. The molecule has 4 nitrogen and oxygen atoms in total. The number of carbonyl (C=O) groups is 1. The van der Waals surface area contributed by atoms with Crippen LogP contribution in [0.1, 0.15) is 16.7 Å². The van der Waals surface area contributed by atoms with Crippen LogP contribution in [0.15, 0.2) is 76.8 Å². The summed E-state index contributed by atoms with van der Waals surface area (Å²) in [4.78, 5) is 12.4. The van der Waals surface area contributed by atoms with Gasteiger partial charge in [0, 0.05) is 0 Å². The molecule has 0 saturated carbocycles. The maximum atomic E-state index is 12.4. The third kappa shape index (κ3) is 5.73. The Kier molecular flexibility index (Phi) is 7.29. The highest BCUT2D eigenvalue weighted by Gasteiger charge is 2.12. The lowest BCUT2D eigenvalue weighted by Gasteiger charge is -2.10. The fourth-order valence-corrected chi connectivity index (χ4v) is 3.33. The molecule has 6 heteroatoms. The summed E-state index contributed by atoms with van der Waals surface area (Å²) in [7, 11) is 0. The first kappa shape index (κ1) is 21.6. The average molecular weight is 482 g/mol. The van der Waals surface area contributed by atoms with E-state index in [1.807, 2.05) is 37.3 Å². The average Bonchev–Trinajstić information content (AvgIpc) is 2.74. The van der Waals surface area contributed by atoms with Gasteiger partial charge in [-0.1, -0.05) is 59.6 Å². The van der Waals surface area contributed by atoms with Crippen molar-refractivity contribution in [3.05, 3.63) is 98.5 Å². The Labute approximate surface area is 188 Å². The van der Waals surface area contributed by atoms with E-state index >= 15 is 0 Å². The summed E-state index contributed by atoms with van der Waals surface area (Å²) in [6, 6.07) is 22.3. The number of carbonyl (C=O) groups excluding carboxylic acids is 1. The number of nitrogens with zero attached hydrogens (tertiary/aromatic N) is 1. The third-order valence-electron chi connectivity index (χ3n) is 4.27. The minimum Gasteiger partial charge on any atom is -0.488 e. The highest BCUT2D eigenvalue weighted by Crippen LogP contribution is 2.28. The van der Waals surface area contributed by atoms with Crippen LogP contribution in [0.4, 0.5) is 5.69 Å². The standard InChI is InChI=1S/C24H18BrClN2O2/c1-16-6-8-17(9-7-16)15-30-23-11-10-18(13-20(23)25)12-19(14-27)24(29)28-22-5-3-2-4-21(22)26/h2-13H,15H2,1H3,(H,28,29)/b19-12+. The lowest BCUT2D eigenvalue weighted by atomic mass is 10.1. The molecule has 3 aromatic carbocycles. The first-order valence-corrected chi connectivity index (χ1v) is 10.3. The maximum absolute atomic E-state index is 12.4. The number of amides is 1. The molecule has 0 saturated heterocycles. The Bertz CT molecular complexity index is 1130. The van der Waals surface area contributed by atoms with E-state index in [9.17, 15) is 10.1 Å². The normalized spacial score (nSPS) is 10.9. The van der Waals surface area contributed by atoms with Crippen molar-refractivity contribution in [1.29, 1.82) is 5.26 Å². The Morgan fingerprint density at radius 1 is 1.17 bits per heavy atom. The zero-order chi connectivity index (χ0) is 21.5. The first-order chi connectivity index (χ1) is 14.5. The molecule has 3 rings (SSSR count). The molecule has 0 fully saturated rings. The molecule has 1 N–H and O–H groups in total. The molecule has 0 radical (unpaired) electrons. The van der Waals surface area contributed by atoms with E-state index in [2.05, 4.69) is 21.2 Å². The monoisotopic (exact) mass is 480 g/mol. The van der Waals surface area contributed by atoms with Gasteiger partial charge in [0.2, 0.25) is 0 Å². The van der Waals surface area contributed by atoms with Gasteiger partial charge >= 0.3 is 0 Å². The number of para-hydroxylation sites is 1. The smallest absolute Gasteiger partial charge is 0.266 e. The molecule has 0 aliphatic carbocycles. The molecule has 0 unspecified atom stereocenters. The number of halogens is 2. The van der Waals surface area contributed by atoms with Gasteiger partial charge in [0.15, 0.2) is 0 Å². The molecular weight excluding hydrogens is 464 g/mol. The summed E-state index contributed by atoms with van der Waals surface area (Å²) >= 11 is 9.55. The number of hydrogen-bond donors (Lipinski definition) is 1. The van der Waals surface area contributed by atoms with Crippen molar-refractivity contribution in [2.75, 3.05) is 5.32 Å². The zero-order valence-electron chi connectivity index (χ0n) is 16.2. The predicted octanol–water partition coefficient (Wildman–Crippen LogP) is 6.54. The molecule has 150 valence electrons. The van der Waals surface area contributed by atoms with Gasteiger partial charge < -0.3 is 10.1 Å². The number of hydrogen-bond acceptors (Lipinski definition) is 3. The molecule has 1 amide bonds. The van der Waals surface area contributed by atoms with E-state index < -0.39 is 5.91 Å². The van der Waals surface area contributed by atoms with E-state index in [4.69, 9.17) is 16.3 Å². The second-order valence-electron chi connectivity index (χ2n) is 6.57. The molecule has 0 aliphatic rings. The summed E-state index contributed by atoms with van der Waals surface area (Å²) in [5, 5.41) is 12.5. The van der Waals surface area contributed by atoms with Crippen molar-refractivity contribution >= 4 is 45.2 Å². The minimum atomic E-state index is -0.526. The number of anilines is 1. The summed E-state index contributed by atoms with van der Waals surface area (Å²) in [6.45, 7) is 2.48. The maximum Gasteiger partial charge on any atom is 0.266 e. The van der Waals surface area contributed by atoms with Crippen LogP contribution in [-0.4, -0.2) is 5.91 Å². The van der Waals surface area contributed by atoms with Crippen LogP contribution in [0.5, 0.6) is 5.75 Å². The van der Waals surface area contributed by atoms with Gasteiger partial charge in [0.25, 0.3) is 5.91 Å². The summed E-state index contributed by atoms with van der Waals surface area (Å²) in [5.41, 5.74) is 3.37. The van der Waals surface area contributed by atoms with Gasteiger partial charge in [-0.15, -0.1) is 0 Å². The predicted molar refractivity (Wildman–Crippen MR) is 123 cm³/mol. The van der Waals surface area contributed by atoms with Crippen molar-refractivity contribution in [2.24, 2.45) is 0 Å². The van der Waals surface area contributed by atoms with Crippen LogP contribution in [0.25, 0.3) is 6.08 Å². The lowest BCUT2D eigenvalue weighted by molar-refractivity contribution is -0.112. The second-order valence-corrected chi connectivity index (χ2v) is 7.83. The van der Waals surface area contributed by atoms with Gasteiger partial charge in [-0.3, -0.25) is 4.79 Å². The van der Waals surface area contributed by atoms with E-state index in [0.29, 0.717) is 28.6 Å². The highest BCUT2D eigenvalue weighted by atomic mass is 79.9. The van der Waals surface area contributed by atoms with Crippen molar-refractivity contribution in [1.82, 2.24) is 0 Å². The Morgan fingerprint density at radius 2 is 1.90 bits per heavy atom. The number of benzene rings is 3. The van der Waals surface area contributed by atoms with Gasteiger partial charge in [-0.25, -0.2) is 0 Å². The molecule has 0 heterocycles. The van der Waals surface area contributed by atoms with Crippen LogP contribution in [0.2, 0.25) is 5.02 Å². The largest absolute Gasteiger partial charge is 0.488 e. The van der Waals surface area contributed by atoms with Crippen LogP contribution in [0.3, 0.4) is 0 Å². The van der Waals surface area contributed by atoms with Gasteiger partial charge in [0.05, 0.1) is 15.2 Å². The Hall–Kier alpha value is -3.07. The fourth-order valence-electron chi connectivity index (χ4n) is 2.64. The van der Waals surface area contributed by atoms with Crippen molar-refractivity contribution in [3.63, 3.8) is 0 Å². The van der Waals surface area contributed by atoms with Crippen molar-refractivity contribution in [2.45, 2.75) is 13.5 Å². The van der Waals surface area contributed by atoms with Crippen molar-refractivity contribution in [3.8, 4) is 11.8 Å². The zero-order valence-corrected chi connectivity index (χ0v) is 18.5. The van der Waals surface area contributed by atoms with Crippen LogP contribution in [-0.2, 0) is 11.4 Å². The number of aryl methyl sites for hydroxylation is 1. The fraction of sp³-hybridized carbons (Fsp3) is 0.0833. The number of ether oxygens (including phenoxy) is 1. The van der Waals surface area contributed by atoms with E-state index in [0.717, 1.165) is 10.0 Å². The molecule has 3 aromatic rings. The Balaban J connectivity index is 1.71. The lowest BCUT2D eigenvalue weighted by Crippen LogP contribution is -2.13. The van der Waals surface area contributed by atoms with Gasteiger partial charge in [-0.05, 0) is 64.3 Å². The number of rotatable bonds is 6. The third-order valence-corrected chi connectivity index (χ3v) is 5.22. The van der Waals surface area contributed by atoms with Crippen molar-refractivity contribution < 1.29 is 9.53 Å². The molecule has 0 aliphatic heterocycles. The van der Waals surface area contributed by atoms with E-state index in [1.54, 1.807) is 42.5 Å². The summed E-state index contributed by atoms with van der Waals surface area (Å²) in [5.74, 6) is 0.146. The molecule has 0 bridgehead atoms. The highest BCUT2D eigenvalue weighted by molar-refractivity contribution is 9.10. The quantitative estimate of drug-likeness (QED) is 0.321. The number of nitrogens with one attached hydrogen (secondary N) is 1. The first-order valence-electron chi connectivity index (χ1n) is 9.12. The van der Waals surface area contributed by atoms with Gasteiger partial charge in [-0.2, -0.15) is 5.26 Å². The van der Waals surface area contributed by atoms with Crippen LogP contribution >= 0.6 is 27.5 Å². The molecular formula is C24H18BrClN2O2. The van der Waals surface area contributed by atoms with E-state index in [-0.39, 0.29) is 5.57 Å². The number of nitriles is 1. The van der Waals surface area contributed by atoms with Crippen LogP contribution < -0.4 is 10.1 Å². The minimum absolute atomic E-state index is 0.0323. The molecule has 0 aromatic heterocycles. The molecule has 0 atom stereocenters. The molecule has 0 spiro atoms. The molecule has 30 heavy (non-hydrogen) atoms.